The van der Waals surface area contributed by atoms with Crippen molar-refractivity contribution in [2.24, 2.45) is 0 Å². The Balaban J connectivity index is 1.55. The number of hydrogen-bond donors (Lipinski definition) is 0. The van der Waals surface area contributed by atoms with Gasteiger partial charge < -0.3 is 4.90 Å². The van der Waals surface area contributed by atoms with Crippen LogP contribution in [0.2, 0.25) is 0 Å². The Morgan fingerprint density at radius 1 is 0.636 bits per heavy atom. The van der Waals surface area contributed by atoms with Crippen LogP contribution in [0.3, 0.4) is 0 Å². The van der Waals surface area contributed by atoms with E-state index in [0.29, 0.717) is 16.8 Å². The number of para-hydroxylation sites is 2. The second-order valence-corrected chi connectivity index (χ2v) is 14.4. The van der Waals surface area contributed by atoms with Crippen LogP contribution in [-0.4, -0.2) is 13.9 Å². The van der Waals surface area contributed by atoms with Crippen LogP contribution in [0.1, 0.15) is 21.5 Å². The van der Waals surface area contributed by atoms with Crippen molar-refractivity contribution in [3.8, 4) is 6.07 Å². The molecule has 0 amide bonds. The van der Waals surface area contributed by atoms with Gasteiger partial charge in [0.15, 0.2) is 13.9 Å². The van der Waals surface area contributed by atoms with E-state index in [1.165, 1.54) is 20.7 Å². The van der Waals surface area contributed by atoms with E-state index in [1.807, 2.05) is 30.3 Å². The molecular formula is C39H25N3OSi. The molecule has 6 aromatic rings. The summed E-state index contributed by atoms with van der Waals surface area (Å²) in [6.45, 7) is 8.22. The van der Waals surface area contributed by atoms with Gasteiger partial charge in [-0.25, -0.2) is 4.85 Å². The quantitative estimate of drug-likeness (QED) is 0.133. The molecule has 0 spiro atoms. The number of fused-ring (bicyclic) bond motifs is 2. The summed E-state index contributed by atoms with van der Waals surface area (Å²) in [5.41, 5.74) is 3.69. The molecule has 6 aromatic carbocycles. The first-order valence-electron chi connectivity index (χ1n) is 14.3. The van der Waals surface area contributed by atoms with Crippen LogP contribution in [0.15, 0.2) is 152 Å². The Bertz CT molecular complexity index is 1990. The Hall–Kier alpha value is -6.01. The molecule has 1 aliphatic rings. The van der Waals surface area contributed by atoms with Crippen LogP contribution in [0.25, 0.3) is 4.85 Å². The van der Waals surface area contributed by atoms with E-state index in [4.69, 9.17) is 6.57 Å². The maximum absolute atomic E-state index is 13.4. The molecule has 0 aliphatic carbocycles. The summed E-state index contributed by atoms with van der Waals surface area (Å²) in [5.74, 6) is -0.224. The van der Waals surface area contributed by atoms with Gasteiger partial charge in [-0.1, -0.05) is 127 Å². The lowest BCUT2D eigenvalue weighted by atomic mass is 9.98. The Morgan fingerprint density at radius 2 is 1.11 bits per heavy atom. The minimum Gasteiger partial charge on any atom is -0.319 e. The van der Waals surface area contributed by atoms with Gasteiger partial charge in [-0.2, -0.15) is 5.26 Å². The molecule has 44 heavy (non-hydrogen) atoms. The van der Waals surface area contributed by atoms with Gasteiger partial charge in [-0.15, -0.1) is 0 Å². The number of anilines is 3. The first kappa shape index (κ1) is 26.9. The summed E-state index contributed by atoms with van der Waals surface area (Å²) >= 11 is 0. The Morgan fingerprint density at radius 3 is 1.61 bits per heavy atom. The first-order valence-corrected chi connectivity index (χ1v) is 16.3. The summed E-state index contributed by atoms with van der Waals surface area (Å²) in [6.07, 6.45) is 0. The topological polar surface area (TPSA) is 48.5 Å². The van der Waals surface area contributed by atoms with Gasteiger partial charge in [0, 0.05) is 22.5 Å². The van der Waals surface area contributed by atoms with E-state index < -0.39 is 8.07 Å². The van der Waals surface area contributed by atoms with Crippen molar-refractivity contribution in [1.82, 2.24) is 0 Å². The largest absolute Gasteiger partial charge is 0.319 e. The molecule has 1 aliphatic heterocycles. The van der Waals surface area contributed by atoms with Crippen LogP contribution in [0, 0.1) is 17.9 Å². The van der Waals surface area contributed by atoms with Crippen LogP contribution >= 0.6 is 0 Å². The Kier molecular flexibility index (Phi) is 6.72. The fourth-order valence-electron chi connectivity index (χ4n) is 6.56. The lowest BCUT2D eigenvalue weighted by Gasteiger charge is -2.45. The molecule has 0 radical (unpaired) electrons. The van der Waals surface area contributed by atoms with Gasteiger partial charge in [0.05, 0.1) is 23.9 Å². The standard InChI is InChI=1S/C39H25N3OSi/c1-41-33-26-29(39(43)28-15-5-2-6-16-28)25-30(27-40)38(33)42-34-21-11-13-23-36(34)44(31-17-7-3-8-18-31,32-19-9-4-10-20-32)37-24-14-12-22-35(37)42/h2-26H. The number of carbonyl (C=O) groups is 1. The molecule has 0 aromatic heterocycles. The molecule has 0 atom stereocenters. The zero-order valence-corrected chi connectivity index (χ0v) is 24.7. The van der Waals surface area contributed by atoms with Gasteiger partial charge >= 0.3 is 0 Å². The molecule has 1 heterocycles. The predicted octanol–water partition coefficient (Wildman–Crippen LogP) is 6.50. The van der Waals surface area contributed by atoms with Crippen molar-refractivity contribution in [2.45, 2.75) is 0 Å². The lowest BCUT2D eigenvalue weighted by Crippen LogP contribution is -2.77. The molecule has 7 rings (SSSR count). The van der Waals surface area contributed by atoms with Crippen molar-refractivity contribution >= 4 is 57.4 Å². The smallest absolute Gasteiger partial charge is 0.212 e. The van der Waals surface area contributed by atoms with Gasteiger partial charge in [-0.3, -0.25) is 4.79 Å². The van der Waals surface area contributed by atoms with E-state index in [0.717, 1.165) is 11.4 Å². The molecule has 4 nitrogen and oxygen atoms in total. The molecule has 0 saturated heterocycles. The van der Waals surface area contributed by atoms with Crippen molar-refractivity contribution in [1.29, 1.82) is 5.26 Å². The third-order valence-corrected chi connectivity index (χ3v) is 13.2. The number of hydrogen-bond acceptors (Lipinski definition) is 3. The highest BCUT2D eigenvalue weighted by Crippen LogP contribution is 2.45. The Labute approximate surface area is 257 Å². The van der Waals surface area contributed by atoms with Crippen molar-refractivity contribution in [3.63, 3.8) is 0 Å². The number of ketones is 1. The average molecular weight is 580 g/mol. The molecule has 206 valence electrons. The van der Waals surface area contributed by atoms with E-state index in [9.17, 15) is 10.1 Å². The number of nitrogens with zero attached hydrogens (tertiary/aromatic N) is 3. The molecule has 0 saturated carbocycles. The summed E-state index contributed by atoms with van der Waals surface area (Å²) < 4.78 is 0. The normalized spacial score (nSPS) is 12.7. The minimum atomic E-state index is -2.84. The third-order valence-electron chi connectivity index (χ3n) is 8.36. The van der Waals surface area contributed by atoms with E-state index in [2.05, 4.69) is 101 Å². The fraction of sp³-hybridized carbons (Fsp3) is 0. The number of benzene rings is 6. The zero-order valence-electron chi connectivity index (χ0n) is 23.7. The minimum absolute atomic E-state index is 0.224. The van der Waals surface area contributed by atoms with E-state index in [1.54, 1.807) is 36.4 Å². The molecular weight excluding hydrogens is 555 g/mol. The number of carbonyl (C=O) groups excluding carboxylic acids is 1. The monoisotopic (exact) mass is 579 g/mol. The molecule has 0 unspecified atom stereocenters. The van der Waals surface area contributed by atoms with Gasteiger partial charge in [0.2, 0.25) is 5.69 Å². The average Bonchev–Trinajstić information content (AvgIpc) is 3.11. The zero-order chi connectivity index (χ0) is 30.1. The van der Waals surface area contributed by atoms with Crippen molar-refractivity contribution in [2.75, 3.05) is 4.90 Å². The molecule has 5 heteroatoms. The van der Waals surface area contributed by atoms with Gasteiger partial charge in [0.1, 0.15) is 0 Å². The number of nitriles is 1. The highest BCUT2D eigenvalue weighted by molar-refractivity contribution is 7.21. The SMILES string of the molecule is [C-]#[N+]c1cc(C(=O)c2ccccc2)cc(C#N)c1N1c2ccccc2[Si](c2ccccc2)(c2ccccc2)c2ccccc21. The molecule has 0 N–H and O–H groups in total. The van der Waals surface area contributed by atoms with Gasteiger partial charge in [-0.05, 0) is 45.0 Å². The van der Waals surface area contributed by atoms with E-state index in [-0.39, 0.29) is 17.0 Å². The van der Waals surface area contributed by atoms with Crippen LogP contribution in [0.5, 0.6) is 0 Å². The van der Waals surface area contributed by atoms with Crippen molar-refractivity contribution in [3.05, 3.63) is 180 Å². The highest BCUT2D eigenvalue weighted by atomic mass is 28.3. The summed E-state index contributed by atoms with van der Waals surface area (Å²) in [7, 11) is -2.84. The highest BCUT2D eigenvalue weighted by Gasteiger charge is 2.49. The lowest BCUT2D eigenvalue weighted by molar-refractivity contribution is 0.103. The maximum Gasteiger partial charge on any atom is 0.212 e. The van der Waals surface area contributed by atoms with E-state index >= 15 is 0 Å². The fourth-order valence-corrected chi connectivity index (χ4v) is 11.7. The third kappa shape index (κ3) is 4.07. The second-order valence-electron chi connectivity index (χ2n) is 10.7. The molecule has 0 fully saturated rings. The molecule has 0 bridgehead atoms. The first-order chi connectivity index (χ1) is 21.7. The second kappa shape index (κ2) is 11.0. The summed E-state index contributed by atoms with van der Waals surface area (Å²) in [6, 6.07) is 52.6. The van der Waals surface area contributed by atoms with Gasteiger partial charge in [0.25, 0.3) is 0 Å². The van der Waals surface area contributed by atoms with Crippen molar-refractivity contribution < 1.29 is 4.79 Å². The number of rotatable bonds is 5. The van der Waals surface area contributed by atoms with Crippen LogP contribution in [-0.2, 0) is 0 Å². The predicted molar refractivity (Wildman–Crippen MR) is 179 cm³/mol. The summed E-state index contributed by atoms with van der Waals surface area (Å²) in [5, 5.41) is 15.4. The summed E-state index contributed by atoms with van der Waals surface area (Å²) in [4.78, 5) is 19.4. The van der Waals surface area contributed by atoms with Crippen LogP contribution in [0.4, 0.5) is 22.7 Å². The van der Waals surface area contributed by atoms with Crippen LogP contribution < -0.4 is 25.6 Å². The maximum atomic E-state index is 13.4.